The molecular formula is C12H12FNO3. The molecule has 1 aromatic carbocycles. The molecule has 1 aliphatic heterocycles. The summed E-state index contributed by atoms with van der Waals surface area (Å²) in [6, 6.07) is 5.92. The van der Waals surface area contributed by atoms with E-state index < -0.39 is 0 Å². The van der Waals surface area contributed by atoms with E-state index in [9.17, 15) is 9.18 Å². The minimum Gasteiger partial charge on any atom is -0.494 e. The average molecular weight is 237 g/mol. The molecule has 0 aromatic heterocycles. The van der Waals surface area contributed by atoms with Gasteiger partial charge in [-0.05, 0) is 17.7 Å². The molecule has 5 heteroatoms. The fourth-order valence-corrected chi connectivity index (χ4v) is 1.36. The molecule has 0 bridgehead atoms. The zero-order valence-corrected chi connectivity index (χ0v) is 9.11. The zero-order valence-electron chi connectivity index (χ0n) is 9.11. The van der Waals surface area contributed by atoms with E-state index in [1.165, 1.54) is 18.4 Å². The molecule has 1 amide bonds. The first-order valence-corrected chi connectivity index (χ1v) is 5.23. The minimum absolute atomic E-state index is 0.165. The van der Waals surface area contributed by atoms with Crippen LogP contribution in [0.5, 0.6) is 0 Å². The number of nitrogens with one attached hydrogen (secondary N) is 1. The first-order chi connectivity index (χ1) is 8.25. The number of ether oxygens (including phenoxy) is 2. The van der Waals surface area contributed by atoms with Crippen LogP contribution < -0.4 is 5.32 Å². The first-order valence-electron chi connectivity index (χ1n) is 5.23. The lowest BCUT2D eigenvalue weighted by Crippen LogP contribution is -2.27. The first kappa shape index (κ1) is 11.4. The average Bonchev–Trinajstić information content (AvgIpc) is 2.39. The molecule has 1 aromatic rings. The van der Waals surface area contributed by atoms with Crippen LogP contribution in [0.15, 0.2) is 36.3 Å². The summed E-state index contributed by atoms with van der Waals surface area (Å²) in [4.78, 5) is 11.6. The SMILES string of the molecule is O=C(NCc1ccc(F)cc1)C1=COCCO1. The van der Waals surface area contributed by atoms with Gasteiger partial charge in [-0.25, -0.2) is 4.39 Å². The topological polar surface area (TPSA) is 47.6 Å². The Morgan fingerprint density at radius 2 is 2.06 bits per heavy atom. The Bertz CT molecular complexity index is 428. The number of carbonyl (C=O) groups excluding carboxylic acids is 1. The normalized spacial score (nSPS) is 14.3. The van der Waals surface area contributed by atoms with Crippen molar-refractivity contribution < 1.29 is 18.7 Å². The number of amides is 1. The van der Waals surface area contributed by atoms with E-state index in [1.807, 2.05) is 0 Å². The number of carbonyl (C=O) groups is 1. The minimum atomic E-state index is -0.339. The predicted octanol–water partition coefficient (Wildman–Crippen LogP) is 1.33. The van der Waals surface area contributed by atoms with Gasteiger partial charge in [0.2, 0.25) is 5.76 Å². The van der Waals surface area contributed by atoms with E-state index in [-0.39, 0.29) is 17.5 Å². The van der Waals surface area contributed by atoms with Crippen LogP contribution in [-0.4, -0.2) is 19.1 Å². The Morgan fingerprint density at radius 1 is 1.29 bits per heavy atom. The maximum Gasteiger partial charge on any atom is 0.289 e. The quantitative estimate of drug-likeness (QED) is 0.862. The van der Waals surface area contributed by atoms with Crippen LogP contribution in [0, 0.1) is 5.82 Å². The number of hydrogen-bond acceptors (Lipinski definition) is 3. The van der Waals surface area contributed by atoms with Crippen molar-refractivity contribution in [2.45, 2.75) is 6.54 Å². The molecule has 2 rings (SSSR count). The number of halogens is 1. The molecule has 0 fully saturated rings. The highest BCUT2D eigenvalue weighted by atomic mass is 19.1. The lowest BCUT2D eigenvalue weighted by Gasteiger charge is -2.14. The van der Waals surface area contributed by atoms with Crippen molar-refractivity contribution in [1.82, 2.24) is 5.32 Å². The van der Waals surface area contributed by atoms with Gasteiger partial charge in [0, 0.05) is 6.54 Å². The lowest BCUT2D eigenvalue weighted by atomic mass is 10.2. The molecule has 4 nitrogen and oxygen atoms in total. The zero-order chi connectivity index (χ0) is 12.1. The van der Waals surface area contributed by atoms with Gasteiger partial charge in [-0.2, -0.15) is 0 Å². The smallest absolute Gasteiger partial charge is 0.289 e. The Morgan fingerprint density at radius 3 is 2.71 bits per heavy atom. The molecule has 0 unspecified atom stereocenters. The maximum absolute atomic E-state index is 12.6. The molecular weight excluding hydrogens is 225 g/mol. The Hall–Kier alpha value is -2.04. The molecule has 1 N–H and O–H groups in total. The second kappa shape index (κ2) is 5.34. The molecule has 0 aliphatic carbocycles. The highest BCUT2D eigenvalue weighted by Crippen LogP contribution is 2.06. The Balaban J connectivity index is 1.87. The summed E-state index contributed by atoms with van der Waals surface area (Å²) < 4.78 is 22.7. The number of rotatable bonds is 3. The standard InChI is InChI=1S/C12H12FNO3/c13-10-3-1-9(2-4-10)7-14-12(15)11-8-16-5-6-17-11/h1-4,8H,5-7H2,(H,14,15). The number of benzene rings is 1. The molecule has 0 atom stereocenters. The van der Waals surface area contributed by atoms with Gasteiger partial charge in [-0.3, -0.25) is 4.79 Å². The van der Waals surface area contributed by atoms with E-state index in [1.54, 1.807) is 12.1 Å². The van der Waals surface area contributed by atoms with Crippen molar-refractivity contribution >= 4 is 5.91 Å². The summed E-state index contributed by atoms with van der Waals surface area (Å²) in [5.41, 5.74) is 0.817. The van der Waals surface area contributed by atoms with Crippen molar-refractivity contribution in [3.63, 3.8) is 0 Å². The summed E-state index contributed by atoms with van der Waals surface area (Å²) in [5, 5.41) is 2.65. The van der Waals surface area contributed by atoms with Crippen LogP contribution in [0.3, 0.4) is 0 Å². The molecule has 0 saturated heterocycles. The highest BCUT2D eigenvalue weighted by Gasteiger charge is 2.14. The van der Waals surface area contributed by atoms with Crippen molar-refractivity contribution in [3.05, 3.63) is 47.7 Å². The third kappa shape index (κ3) is 3.21. The van der Waals surface area contributed by atoms with Gasteiger partial charge in [0.15, 0.2) is 0 Å². The maximum atomic E-state index is 12.6. The van der Waals surface area contributed by atoms with Gasteiger partial charge >= 0.3 is 0 Å². The third-order valence-electron chi connectivity index (χ3n) is 2.24. The summed E-state index contributed by atoms with van der Waals surface area (Å²) in [6.45, 7) is 1.14. The monoisotopic (exact) mass is 237 g/mol. The number of hydrogen-bond donors (Lipinski definition) is 1. The second-order valence-electron chi connectivity index (χ2n) is 3.51. The van der Waals surface area contributed by atoms with E-state index >= 15 is 0 Å². The van der Waals surface area contributed by atoms with Crippen LogP contribution >= 0.6 is 0 Å². The van der Waals surface area contributed by atoms with Gasteiger partial charge in [-0.15, -0.1) is 0 Å². The van der Waals surface area contributed by atoms with Gasteiger partial charge in [0.1, 0.15) is 25.3 Å². The Kier molecular flexibility index (Phi) is 3.59. The van der Waals surface area contributed by atoms with E-state index in [4.69, 9.17) is 9.47 Å². The molecule has 0 saturated carbocycles. The van der Waals surface area contributed by atoms with Gasteiger partial charge in [0.05, 0.1) is 0 Å². The van der Waals surface area contributed by atoms with Crippen LogP contribution in [-0.2, 0) is 20.8 Å². The van der Waals surface area contributed by atoms with Gasteiger partial charge in [-0.1, -0.05) is 12.1 Å². The fourth-order valence-electron chi connectivity index (χ4n) is 1.36. The molecule has 0 radical (unpaired) electrons. The Labute approximate surface area is 98.0 Å². The summed E-state index contributed by atoms with van der Waals surface area (Å²) in [7, 11) is 0. The van der Waals surface area contributed by atoms with E-state index in [0.29, 0.717) is 19.8 Å². The second-order valence-corrected chi connectivity index (χ2v) is 3.51. The van der Waals surface area contributed by atoms with Crippen molar-refractivity contribution in [1.29, 1.82) is 0 Å². The summed E-state index contributed by atoms with van der Waals surface area (Å²) in [5.74, 6) is -0.473. The third-order valence-corrected chi connectivity index (χ3v) is 2.24. The lowest BCUT2D eigenvalue weighted by molar-refractivity contribution is -0.122. The molecule has 0 spiro atoms. The van der Waals surface area contributed by atoms with Gasteiger partial charge < -0.3 is 14.8 Å². The van der Waals surface area contributed by atoms with Crippen molar-refractivity contribution in [3.8, 4) is 0 Å². The fraction of sp³-hybridized carbons (Fsp3) is 0.250. The van der Waals surface area contributed by atoms with E-state index in [2.05, 4.69) is 5.32 Å². The molecule has 1 heterocycles. The molecule has 1 aliphatic rings. The van der Waals surface area contributed by atoms with Crippen molar-refractivity contribution in [2.75, 3.05) is 13.2 Å². The summed E-state index contributed by atoms with van der Waals surface area (Å²) in [6.07, 6.45) is 1.30. The summed E-state index contributed by atoms with van der Waals surface area (Å²) >= 11 is 0. The van der Waals surface area contributed by atoms with Crippen molar-refractivity contribution in [2.24, 2.45) is 0 Å². The largest absolute Gasteiger partial charge is 0.494 e. The molecule has 17 heavy (non-hydrogen) atoms. The van der Waals surface area contributed by atoms with Crippen LogP contribution in [0.1, 0.15) is 5.56 Å². The highest BCUT2D eigenvalue weighted by molar-refractivity contribution is 5.91. The van der Waals surface area contributed by atoms with Crippen LogP contribution in [0.25, 0.3) is 0 Å². The van der Waals surface area contributed by atoms with Gasteiger partial charge in [0.25, 0.3) is 5.91 Å². The predicted molar refractivity (Wildman–Crippen MR) is 58.2 cm³/mol. The molecule has 90 valence electrons. The van der Waals surface area contributed by atoms with Crippen LogP contribution in [0.4, 0.5) is 4.39 Å². The van der Waals surface area contributed by atoms with Crippen LogP contribution in [0.2, 0.25) is 0 Å². The van der Waals surface area contributed by atoms with E-state index in [0.717, 1.165) is 5.56 Å².